The SMILES string of the molecule is CCCCCn1c2ccccc2c2cc(C(=O)N[C@H](C(=O)OC)C(C)(C)C)ccc21. The molecule has 0 saturated heterocycles. The Bertz CT molecular complexity index is 1060. The number of aromatic nitrogens is 1. The number of hydrogen-bond donors (Lipinski definition) is 1. The van der Waals surface area contributed by atoms with Gasteiger partial charge in [-0.3, -0.25) is 4.79 Å². The van der Waals surface area contributed by atoms with Crippen molar-refractivity contribution in [2.24, 2.45) is 5.41 Å². The highest BCUT2D eigenvalue weighted by molar-refractivity contribution is 6.11. The summed E-state index contributed by atoms with van der Waals surface area (Å²) < 4.78 is 7.24. The van der Waals surface area contributed by atoms with E-state index in [9.17, 15) is 9.59 Å². The summed E-state index contributed by atoms with van der Waals surface area (Å²) in [5, 5.41) is 5.06. The number of nitrogens with zero attached hydrogens (tertiary/aromatic N) is 1. The minimum Gasteiger partial charge on any atom is -0.467 e. The second-order valence-electron chi connectivity index (χ2n) is 8.90. The monoisotopic (exact) mass is 408 g/mol. The first kappa shape index (κ1) is 21.9. The number of amides is 1. The molecule has 3 aromatic rings. The number of benzene rings is 2. The van der Waals surface area contributed by atoms with Crippen LogP contribution in [0.15, 0.2) is 42.5 Å². The van der Waals surface area contributed by atoms with E-state index in [0.717, 1.165) is 29.3 Å². The van der Waals surface area contributed by atoms with Crippen molar-refractivity contribution in [2.75, 3.05) is 7.11 Å². The Balaban J connectivity index is 1.99. The Hall–Kier alpha value is -2.82. The smallest absolute Gasteiger partial charge is 0.328 e. The van der Waals surface area contributed by atoms with E-state index in [1.165, 1.54) is 25.5 Å². The fourth-order valence-corrected chi connectivity index (χ4v) is 3.92. The van der Waals surface area contributed by atoms with Crippen LogP contribution in [-0.4, -0.2) is 29.6 Å². The van der Waals surface area contributed by atoms with Crippen LogP contribution in [0.4, 0.5) is 0 Å². The van der Waals surface area contributed by atoms with Crippen molar-refractivity contribution in [2.45, 2.75) is 59.5 Å². The molecule has 0 aliphatic heterocycles. The second kappa shape index (κ2) is 8.90. The third-order valence-electron chi connectivity index (χ3n) is 5.60. The molecule has 5 nitrogen and oxygen atoms in total. The third-order valence-corrected chi connectivity index (χ3v) is 5.60. The maximum Gasteiger partial charge on any atom is 0.328 e. The van der Waals surface area contributed by atoms with E-state index < -0.39 is 17.4 Å². The molecule has 5 heteroatoms. The van der Waals surface area contributed by atoms with Gasteiger partial charge >= 0.3 is 5.97 Å². The van der Waals surface area contributed by atoms with Crippen LogP contribution in [0.3, 0.4) is 0 Å². The summed E-state index contributed by atoms with van der Waals surface area (Å²) >= 11 is 0. The van der Waals surface area contributed by atoms with Gasteiger partial charge in [0.1, 0.15) is 6.04 Å². The quantitative estimate of drug-likeness (QED) is 0.426. The lowest BCUT2D eigenvalue weighted by Gasteiger charge is -2.29. The average Bonchev–Trinajstić information content (AvgIpc) is 3.04. The number of aryl methyl sites for hydroxylation is 1. The molecule has 3 rings (SSSR count). The highest BCUT2D eigenvalue weighted by Crippen LogP contribution is 2.30. The normalized spacial score (nSPS) is 12.8. The summed E-state index contributed by atoms with van der Waals surface area (Å²) in [6.07, 6.45) is 3.49. The van der Waals surface area contributed by atoms with Crippen molar-refractivity contribution in [1.29, 1.82) is 0 Å². The fraction of sp³-hybridized carbons (Fsp3) is 0.440. The lowest BCUT2D eigenvalue weighted by Crippen LogP contribution is -2.49. The van der Waals surface area contributed by atoms with E-state index in [2.05, 4.69) is 35.0 Å². The topological polar surface area (TPSA) is 60.3 Å². The van der Waals surface area contributed by atoms with Gasteiger partial charge in [0, 0.05) is 33.9 Å². The number of nitrogens with one attached hydrogen (secondary N) is 1. The van der Waals surface area contributed by atoms with Gasteiger partial charge in [-0.2, -0.15) is 0 Å². The first-order valence-corrected chi connectivity index (χ1v) is 10.7. The van der Waals surface area contributed by atoms with Crippen LogP contribution in [-0.2, 0) is 16.1 Å². The summed E-state index contributed by atoms with van der Waals surface area (Å²) in [4.78, 5) is 25.2. The van der Waals surface area contributed by atoms with Crippen molar-refractivity contribution in [3.05, 3.63) is 48.0 Å². The largest absolute Gasteiger partial charge is 0.467 e. The molecular formula is C25H32N2O3. The molecule has 1 aromatic heterocycles. The van der Waals surface area contributed by atoms with E-state index in [1.54, 1.807) is 0 Å². The van der Waals surface area contributed by atoms with Gasteiger partial charge < -0.3 is 14.6 Å². The van der Waals surface area contributed by atoms with Gasteiger partial charge in [-0.15, -0.1) is 0 Å². The molecule has 1 amide bonds. The maximum atomic E-state index is 13.0. The molecular weight excluding hydrogens is 376 g/mol. The number of para-hydroxylation sites is 1. The molecule has 30 heavy (non-hydrogen) atoms. The Morgan fingerprint density at radius 2 is 1.73 bits per heavy atom. The zero-order valence-electron chi connectivity index (χ0n) is 18.6. The Morgan fingerprint density at radius 3 is 2.40 bits per heavy atom. The van der Waals surface area contributed by atoms with Gasteiger partial charge in [-0.05, 0) is 36.1 Å². The predicted molar refractivity (Wildman–Crippen MR) is 122 cm³/mol. The van der Waals surface area contributed by atoms with E-state index in [-0.39, 0.29) is 5.91 Å². The zero-order chi connectivity index (χ0) is 21.9. The highest BCUT2D eigenvalue weighted by Gasteiger charge is 2.34. The first-order chi connectivity index (χ1) is 14.3. The van der Waals surface area contributed by atoms with Gasteiger partial charge in [0.15, 0.2) is 0 Å². The summed E-state index contributed by atoms with van der Waals surface area (Å²) in [5.41, 5.74) is 2.40. The number of ether oxygens (including phenoxy) is 1. The molecule has 0 radical (unpaired) electrons. The molecule has 2 aromatic carbocycles. The summed E-state index contributed by atoms with van der Waals surface area (Å²) in [5.74, 6) is -0.713. The molecule has 1 N–H and O–H groups in total. The van der Waals surface area contributed by atoms with Crippen molar-refractivity contribution in [3.8, 4) is 0 Å². The van der Waals surface area contributed by atoms with Gasteiger partial charge in [0.05, 0.1) is 7.11 Å². The Labute approximate surface area is 178 Å². The fourth-order valence-electron chi connectivity index (χ4n) is 3.92. The molecule has 0 saturated carbocycles. The number of unbranched alkanes of at least 4 members (excludes halogenated alkanes) is 2. The first-order valence-electron chi connectivity index (χ1n) is 10.7. The Kier molecular flexibility index (Phi) is 6.49. The van der Waals surface area contributed by atoms with Gasteiger partial charge in [0.2, 0.25) is 0 Å². The van der Waals surface area contributed by atoms with Gasteiger partial charge in [-0.1, -0.05) is 58.7 Å². The minimum atomic E-state index is -0.721. The highest BCUT2D eigenvalue weighted by atomic mass is 16.5. The number of carbonyl (C=O) groups is 2. The van der Waals surface area contributed by atoms with Gasteiger partial charge in [0.25, 0.3) is 5.91 Å². The molecule has 0 fully saturated rings. The van der Waals surface area contributed by atoms with Crippen molar-refractivity contribution in [1.82, 2.24) is 9.88 Å². The molecule has 1 atom stereocenters. The van der Waals surface area contributed by atoms with E-state index in [0.29, 0.717) is 5.56 Å². The molecule has 0 unspecified atom stereocenters. The standard InChI is InChI=1S/C25H32N2O3/c1-6-7-10-15-27-20-12-9-8-11-18(20)19-16-17(13-14-21(19)27)23(28)26-22(24(29)30-5)25(2,3)4/h8-9,11-14,16,22H,6-7,10,15H2,1-5H3,(H,26,28)/t22-/m1/s1. The van der Waals surface area contributed by atoms with Crippen LogP contribution in [0.5, 0.6) is 0 Å². The van der Waals surface area contributed by atoms with Crippen LogP contribution in [0.2, 0.25) is 0 Å². The Morgan fingerprint density at radius 1 is 1.03 bits per heavy atom. The van der Waals surface area contributed by atoms with Crippen LogP contribution >= 0.6 is 0 Å². The minimum absolute atomic E-state index is 0.273. The zero-order valence-corrected chi connectivity index (χ0v) is 18.6. The molecule has 0 aliphatic carbocycles. The van der Waals surface area contributed by atoms with Gasteiger partial charge in [-0.25, -0.2) is 4.79 Å². The summed E-state index contributed by atoms with van der Waals surface area (Å²) in [6.45, 7) is 8.87. The second-order valence-corrected chi connectivity index (χ2v) is 8.90. The lowest BCUT2D eigenvalue weighted by molar-refractivity contribution is -0.145. The molecule has 160 valence electrons. The lowest BCUT2D eigenvalue weighted by atomic mass is 9.86. The van der Waals surface area contributed by atoms with Crippen LogP contribution < -0.4 is 5.32 Å². The van der Waals surface area contributed by atoms with Crippen LogP contribution in [0.25, 0.3) is 21.8 Å². The molecule has 0 spiro atoms. The summed E-state index contributed by atoms with van der Waals surface area (Å²) in [7, 11) is 1.34. The number of fused-ring (bicyclic) bond motifs is 3. The number of rotatable bonds is 7. The average molecular weight is 409 g/mol. The number of hydrogen-bond acceptors (Lipinski definition) is 3. The molecule has 0 bridgehead atoms. The van der Waals surface area contributed by atoms with Crippen molar-refractivity contribution in [3.63, 3.8) is 0 Å². The van der Waals surface area contributed by atoms with E-state index >= 15 is 0 Å². The molecule has 1 heterocycles. The number of esters is 1. The summed E-state index contributed by atoms with van der Waals surface area (Å²) in [6, 6.07) is 13.4. The number of carbonyl (C=O) groups excluding carboxylic acids is 2. The van der Waals surface area contributed by atoms with E-state index in [1.807, 2.05) is 45.0 Å². The third kappa shape index (κ3) is 4.35. The van der Waals surface area contributed by atoms with Crippen LogP contribution in [0.1, 0.15) is 57.3 Å². The number of methoxy groups -OCH3 is 1. The van der Waals surface area contributed by atoms with Crippen molar-refractivity contribution >= 4 is 33.7 Å². The van der Waals surface area contributed by atoms with E-state index in [4.69, 9.17) is 4.74 Å². The maximum absolute atomic E-state index is 13.0. The molecule has 0 aliphatic rings. The van der Waals surface area contributed by atoms with Crippen LogP contribution in [0, 0.1) is 5.41 Å². The predicted octanol–water partition coefficient (Wildman–Crippen LogP) is 5.30. The van der Waals surface area contributed by atoms with Crippen molar-refractivity contribution < 1.29 is 14.3 Å².